The Bertz CT molecular complexity index is 1380. The Hall–Kier alpha value is -3.30. The van der Waals surface area contributed by atoms with Gasteiger partial charge in [-0.1, -0.05) is 29.4 Å². The van der Waals surface area contributed by atoms with E-state index in [0.29, 0.717) is 38.4 Å². The van der Waals surface area contributed by atoms with E-state index in [9.17, 15) is 9.59 Å². The highest BCUT2D eigenvalue weighted by Crippen LogP contribution is 2.33. The molecule has 1 atom stereocenters. The molecule has 162 valence electrons. The Morgan fingerprint density at radius 1 is 1.28 bits per heavy atom. The molecular weight excluding hydrogens is 450 g/mol. The van der Waals surface area contributed by atoms with E-state index in [2.05, 4.69) is 15.4 Å². The minimum absolute atomic E-state index is 0.162. The lowest BCUT2D eigenvalue weighted by Crippen LogP contribution is -2.27. The second-order valence-electron chi connectivity index (χ2n) is 7.29. The predicted octanol–water partition coefficient (Wildman–Crippen LogP) is 3.92. The Balaban J connectivity index is 1.42. The molecule has 0 saturated heterocycles. The summed E-state index contributed by atoms with van der Waals surface area (Å²) >= 11 is 7.43. The van der Waals surface area contributed by atoms with Crippen LogP contribution in [0.4, 0.5) is 5.69 Å². The molecular formula is C22H18ClN5O3S. The van der Waals surface area contributed by atoms with Crippen molar-refractivity contribution in [3.63, 3.8) is 0 Å². The number of fused-ring (bicyclic) bond motifs is 2. The summed E-state index contributed by atoms with van der Waals surface area (Å²) < 4.78 is 8.42. The zero-order valence-electron chi connectivity index (χ0n) is 17.0. The first-order chi connectivity index (χ1) is 15.5. The summed E-state index contributed by atoms with van der Waals surface area (Å²) in [7, 11) is 1.57. The third kappa shape index (κ3) is 3.74. The van der Waals surface area contributed by atoms with Crippen molar-refractivity contribution in [2.24, 2.45) is 0 Å². The quantitative estimate of drug-likeness (QED) is 0.447. The monoisotopic (exact) mass is 467 g/mol. The van der Waals surface area contributed by atoms with Gasteiger partial charge in [0.25, 0.3) is 5.56 Å². The SMILES string of the molecule is COc1cccc(NC(=O)CC2CSc3nc4c(cnn4-c4ccc(Cl)cc4)c(=O)n32)c1. The maximum Gasteiger partial charge on any atom is 0.265 e. The molecule has 1 aliphatic heterocycles. The van der Waals surface area contributed by atoms with Crippen molar-refractivity contribution in [1.29, 1.82) is 0 Å². The number of thioether (sulfide) groups is 1. The first-order valence-electron chi connectivity index (χ1n) is 9.86. The van der Waals surface area contributed by atoms with Crippen molar-refractivity contribution in [2.45, 2.75) is 17.6 Å². The van der Waals surface area contributed by atoms with Crippen molar-refractivity contribution in [3.05, 3.63) is 70.1 Å². The fourth-order valence-corrected chi connectivity index (χ4v) is 4.94. The van der Waals surface area contributed by atoms with Crippen molar-refractivity contribution >= 4 is 46.0 Å². The number of aromatic nitrogens is 4. The lowest BCUT2D eigenvalue weighted by molar-refractivity contribution is -0.116. The molecule has 0 spiro atoms. The molecule has 1 N–H and O–H groups in total. The van der Waals surface area contributed by atoms with E-state index in [-0.39, 0.29) is 23.9 Å². The van der Waals surface area contributed by atoms with Gasteiger partial charge in [0.15, 0.2) is 10.8 Å². The Kier molecular flexibility index (Phi) is 5.36. The van der Waals surface area contributed by atoms with Crippen LogP contribution in [0.2, 0.25) is 5.02 Å². The average Bonchev–Trinajstić information content (AvgIpc) is 3.39. The minimum atomic E-state index is -0.288. The van der Waals surface area contributed by atoms with E-state index >= 15 is 0 Å². The number of ether oxygens (including phenoxy) is 1. The zero-order chi connectivity index (χ0) is 22.2. The molecule has 1 amide bonds. The highest BCUT2D eigenvalue weighted by molar-refractivity contribution is 7.99. The van der Waals surface area contributed by atoms with Crippen LogP contribution in [-0.4, -0.2) is 38.1 Å². The van der Waals surface area contributed by atoms with E-state index in [1.54, 1.807) is 52.8 Å². The summed E-state index contributed by atoms with van der Waals surface area (Å²) in [5.41, 5.74) is 1.69. The van der Waals surface area contributed by atoms with Crippen LogP contribution in [-0.2, 0) is 4.79 Å². The normalized spacial score (nSPS) is 15.0. The fourth-order valence-electron chi connectivity index (χ4n) is 3.68. The summed E-state index contributed by atoms with van der Waals surface area (Å²) in [5.74, 6) is 1.07. The molecule has 10 heteroatoms. The van der Waals surface area contributed by atoms with Gasteiger partial charge in [0.2, 0.25) is 5.91 Å². The summed E-state index contributed by atoms with van der Waals surface area (Å²) in [5, 5.41) is 8.83. The van der Waals surface area contributed by atoms with Crippen molar-refractivity contribution in [3.8, 4) is 11.4 Å². The molecule has 5 rings (SSSR count). The number of carbonyl (C=O) groups is 1. The number of amides is 1. The number of rotatable bonds is 5. The predicted molar refractivity (Wildman–Crippen MR) is 124 cm³/mol. The van der Waals surface area contributed by atoms with Crippen molar-refractivity contribution in [1.82, 2.24) is 19.3 Å². The van der Waals surface area contributed by atoms with Gasteiger partial charge in [-0.25, -0.2) is 9.67 Å². The Morgan fingerprint density at radius 3 is 2.88 bits per heavy atom. The van der Waals surface area contributed by atoms with Gasteiger partial charge in [0.05, 0.1) is 25.0 Å². The maximum absolute atomic E-state index is 13.2. The van der Waals surface area contributed by atoms with Crippen LogP contribution >= 0.6 is 23.4 Å². The molecule has 0 aliphatic carbocycles. The lowest BCUT2D eigenvalue weighted by Gasteiger charge is -2.14. The van der Waals surface area contributed by atoms with Crippen LogP contribution in [0.3, 0.4) is 0 Å². The lowest BCUT2D eigenvalue weighted by atomic mass is 10.2. The van der Waals surface area contributed by atoms with Crippen LogP contribution in [0.1, 0.15) is 12.5 Å². The number of nitrogens with one attached hydrogen (secondary N) is 1. The van der Waals surface area contributed by atoms with E-state index in [0.717, 1.165) is 5.69 Å². The number of hydrogen-bond acceptors (Lipinski definition) is 6. The molecule has 32 heavy (non-hydrogen) atoms. The van der Waals surface area contributed by atoms with Crippen LogP contribution in [0.15, 0.2) is 64.7 Å². The van der Waals surface area contributed by atoms with Gasteiger partial charge >= 0.3 is 0 Å². The topological polar surface area (TPSA) is 91.0 Å². The molecule has 0 fully saturated rings. The van der Waals surface area contributed by atoms with Crippen molar-refractivity contribution < 1.29 is 9.53 Å². The minimum Gasteiger partial charge on any atom is -0.497 e. The molecule has 0 bridgehead atoms. The third-order valence-corrected chi connectivity index (χ3v) is 6.57. The van der Waals surface area contributed by atoms with Crippen LogP contribution < -0.4 is 15.6 Å². The number of hydrogen-bond donors (Lipinski definition) is 1. The number of benzene rings is 2. The van der Waals surface area contributed by atoms with E-state index in [1.807, 2.05) is 12.1 Å². The van der Waals surface area contributed by atoms with Crippen LogP contribution in [0.5, 0.6) is 5.75 Å². The summed E-state index contributed by atoms with van der Waals surface area (Å²) in [6.07, 6.45) is 1.68. The average molecular weight is 468 g/mol. The van der Waals surface area contributed by atoms with Gasteiger partial charge in [-0.2, -0.15) is 5.10 Å². The van der Waals surface area contributed by atoms with Gasteiger partial charge in [-0.05, 0) is 36.4 Å². The van der Waals surface area contributed by atoms with E-state index < -0.39 is 0 Å². The summed E-state index contributed by atoms with van der Waals surface area (Å²) in [4.78, 5) is 30.6. The van der Waals surface area contributed by atoms with Crippen LogP contribution in [0.25, 0.3) is 16.7 Å². The number of nitrogens with zero attached hydrogens (tertiary/aromatic N) is 4. The zero-order valence-corrected chi connectivity index (χ0v) is 18.6. The van der Waals surface area contributed by atoms with Crippen molar-refractivity contribution in [2.75, 3.05) is 18.2 Å². The summed E-state index contributed by atoms with van der Waals surface area (Å²) in [6.45, 7) is 0. The maximum atomic E-state index is 13.2. The molecule has 3 heterocycles. The fraction of sp³-hybridized carbons (Fsp3) is 0.182. The van der Waals surface area contributed by atoms with Crippen LogP contribution in [0, 0.1) is 0 Å². The van der Waals surface area contributed by atoms with Gasteiger partial charge in [0, 0.05) is 29.0 Å². The van der Waals surface area contributed by atoms with Gasteiger partial charge in [-0.3, -0.25) is 14.2 Å². The highest BCUT2D eigenvalue weighted by atomic mass is 35.5. The Labute approximate surface area is 192 Å². The number of halogens is 1. The first kappa shape index (κ1) is 20.6. The number of carbonyl (C=O) groups excluding carboxylic acids is 1. The molecule has 1 unspecified atom stereocenters. The largest absolute Gasteiger partial charge is 0.497 e. The second-order valence-corrected chi connectivity index (χ2v) is 8.71. The second kappa shape index (κ2) is 8.33. The molecule has 1 aliphatic rings. The molecule has 0 radical (unpaired) electrons. The van der Waals surface area contributed by atoms with E-state index in [4.69, 9.17) is 16.3 Å². The number of methoxy groups -OCH3 is 1. The standard InChI is InChI=1S/C22H18ClN5O3S/c1-31-17-4-2-3-14(9-17)25-19(29)10-16-12-32-22-26-20-18(21(30)27(16)22)11-24-28(20)15-7-5-13(23)6-8-15/h2-9,11,16H,10,12H2,1H3,(H,25,29). The molecule has 2 aromatic carbocycles. The van der Waals surface area contributed by atoms with E-state index in [1.165, 1.54) is 18.0 Å². The van der Waals surface area contributed by atoms with Gasteiger partial charge < -0.3 is 10.1 Å². The molecule has 0 saturated carbocycles. The highest BCUT2D eigenvalue weighted by Gasteiger charge is 2.29. The summed E-state index contributed by atoms with van der Waals surface area (Å²) in [6, 6.07) is 14.0. The smallest absolute Gasteiger partial charge is 0.265 e. The molecule has 8 nitrogen and oxygen atoms in total. The Morgan fingerprint density at radius 2 is 2.09 bits per heavy atom. The molecule has 4 aromatic rings. The van der Waals surface area contributed by atoms with Gasteiger partial charge in [0.1, 0.15) is 11.1 Å². The molecule has 2 aromatic heterocycles. The van der Waals surface area contributed by atoms with Gasteiger partial charge in [-0.15, -0.1) is 0 Å². The number of anilines is 1. The first-order valence-corrected chi connectivity index (χ1v) is 11.2. The third-order valence-electron chi connectivity index (χ3n) is 5.22.